The van der Waals surface area contributed by atoms with Gasteiger partial charge in [-0.1, -0.05) is 36.4 Å². The topological polar surface area (TPSA) is 142 Å². The van der Waals surface area contributed by atoms with Crippen molar-refractivity contribution in [2.45, 2.75) is 19.4 Å². The number of ether oxygens (including phenoxy) is 1. The van der Waals surface area contributed by atoms with Crippen molar-refractivity contribution >= 4 is 17.6 Å². The zero-order valence-electron chi connectivity index (χ0n) is 14.2. The number of nitrogens with two attached hydrogens (primary N) is 1. The normalized spacial score (nSPS) is 11.4. The number of rotatable bonds is 8. The van der Waals surface area contributed by atoms with Crippen LogP contribution in [0, 0.1) is 16.0 Å². The van der Waals surface area contributed by atoms with Gasteiger partial charge in [-0.15, -0.1) is 0 Å². The average molecular weight is 374 g/mol. The maximum absolute atomic E-state index is 12.2. The van der Waals surface area contributed by atoms with E-state index in [2.05, 4.69) is 4.84 Å². The van der Waals surface area contributed by atoms with Gasteiger partial charge in [0, 0.05) is 6.07 Å². The molecule has 0 aromatic heterocycles. The van der Waals surface area contributed by atoms with Crippen LogP contribution in [0.2, 0.25) is 0 Å². The Morgan fingerprint density at radius 3 is 2.41 bits per heavy atom. The molecule has 9 heteroatoms. The van der Waals surface area contributed by atoms with Crippen molar-refractivity contribution in [1.29, 1.82) is 0 Å². The van der Waals surface area contributed by atoms with Crippen molar-refractivity contribution < 1.29 is 29.2 Å². The number of benzene rings is 2. The molecule has 1 atom stereocenters. The quantitative estimate of drug-likeness (QED) is 0.309. The Balaban J connectivity index is 2.01. The zero-order valence-corrected chi connectivity index (χ0v) is 14.2. The lowest BCUT2D eigenvalue weighted by molar-refractivity contribution is -0.385. The monoisotopic (exact) mass is 374 g/mol. The summed E-state index contributed by atoms with van der Waals surface area (Å²) in [6.45, 7) is -0.00759. The fraction of sp³-hybridized carbons (Fsp3) is 0.222. The molecule has 0 spiro atoms. The van der Waals surface area contributed by atoms with Crippen LogP contribution in [0.3, 0.4) is 0 Å². The molecular formula is C18H18N2O7. The van der Waals surface area contributed by atoms with E-state index in [1.165, 1.54) is 12.1 Å². The van der Waals surface area contributed by atoms with Gasteiger partial charge in [-0.2, -0.15) is 5.90 Å². The number of hydrogen-bond acceptors (Lipinski definition) is 8. The molecule has 0 aliphatic heterocycles. The van der Waals surface area contributed by atoms with Crippen molar-refractivity contribution in [2.24, 2.45) is 11.8 Å². The Kier molecular flexibility index (Phi) is 6.84. The Labute approximate surface area is 154 Å². The third-order valence-electron chi connectivity index (χ3n) is 3.87. The number of aryl methyl sites for hydroxylation is 1. The van der Waals surface area contributed by atoms with Crippen LogP contribution in [-0.4, -0.2) is 22.0 Å². The Hall–Kier alpha value is -3.46. The number of phenolic OH excluding ortho intramolecular Hbond substituents is 1. The molecule has 0 aliphatic rings. The van der Waals surface area contributed by atoms with E-state index in [-0.39, 0.29) is 19.4 Å². The molecule has 142 valence electrons. The summed E-state index contributed by atoms with van der Waals surface area (Å²) in [5.74, 6) is 1.40. The number of phenols is 1. The Morgan fingerprint density at radius 2 is 1.81 bits per heavy atom. The van der Waals surface area contributed by atoms with Crippen LogP contribution >= 0.6 is 0 Å². The summed E-state index contributed by atoms with van der Waals surface area (Å²) in [6.07, 6.45) is 0.173. The lowest BCUT2D eigenvalue weighted by Gasteiger charge is -2.14. The van der Waals surface area contributed by atoms with Gasteiger partial charge in [-0.25, -0.2) is 4.79 Å². The number of carbonyl (C=O) groups is 2. The molecule has 2 aromatic carbocycles. The summed E-state index contributed by atoms with van der Waals surface area (Å²) >= 11 is 0. The van der Waals surface area contributed by atoms with Crippen LogP contribution in [0.15, 0.2) is 48.5 Å². The number of hydrogen-bond donors (Lipinski definition) is 2. The number of nitro groups is 1. The Morgan fingerprint density at radius 1 is 1.11 bits per heavy atom. The molecule has 2 rings (SSSR count). The molecule has 0 bridgehead atoms. The van der Waals surface area contributed by atoms with E-state index in [4.69, 9.17) is 10.6 Å². The van der Waals surface area contributed by atoms with E-state index in [0.29, 0.717) is 5.56 Å². The zero-order chi connectivity index (χ0) is 19.8. The van der Waals surface area contributed by atoms with Gasteiger partial charge in [0.05, 0.1) is 4.92 Å². The summed E-state index contributed by atoms with van der Waals surface area (Å²) in [5.41, 5.74) is 0.828. The van der Waals surface area contributed by atoms with Gasteiger partial charge >= 0.3 is 17.6 Å². The minimum absolute atomic E-state index is 0.000900. The molecule has 0 saturated carbocycles. The molecule has 0 amide bonds. The van der Waals surface area contributed by atoms with Crippen LogP contribution in [0.4, 0.5) is 5.69 Å². The highest BCUT2D eigenvalue weighted by atomic mass is 16.7. The predicted octanol–water partition coefficient (Wildman–Crippen LogP) is 2.01. The number of nitro benzene ring substituents is 1. The lowest BCUT2D eigenvalue weighted by Crippen LogP contribution is -2.30. The number of nitrogens with zero attached hydrogens (tertiary/aromatic N) is 1. The van der Waals surface area contributed by atoms with E-state index >= 15 is 0 Å². The van der Waals surface area contributed by atoms with Crippen LogP contribution in [-0.2, 0) is 32.2 Å². The molecule has 0 heterocycles. The van der Waals surface area contributed by atoms with Crippen LogP contribution in [0.5, 0.6) is 5.75 Å². The first-order valence-electron chi connectivity index (χ1n) is 7.99. The van der Waals surface area contributed by atoms with Crippen molar-refractivity contribution in [3.05, 3.63) is 69.8 Å². The number of carbonyl (C=O) groups excluding carboxylic acids is 2. The van der Waals surface area contributed by atoms with Crippen LogP contribution in [0.1, 0.15) is 17.5 Å². The van der Waals surface area contributed by atoms with Gasteiger partial charge in [0.2, 0.25) is 0 Å². The van der Waals surface area contributed by atoms with Crippen LogP contribution < -0.4 is 5.90 Å². The van der Waals surface area contributed by atoms with Crippen molar-refractivity contribution in [3.63, 3.8) is 0 Å². The minimum atomic E-state index is -1.25. The van der Waals surface area contributed by atoms with Crippen molar-refractivity contribution in [2.75, 3.05) is 0 Å². The fourth-order valence-electron chi connectivity index (χ4n) is 2.43. The summed E-state index contributed by atoms with van der Waals surface area (Å²) in [7, 11) is 0. The molecule has 0 unspecified atom stereocenters. The maximum Gasteiger partial charge on any atom is 0.338 e. The Bertz CT molecular complexity index is 824. The second kappa shape index (κ2) is 9.30. The molecule has 0 radical (unpaired) electrons. The first-order chi connectivity index (χ1) is 12.9. The molecule has 0 fully saturated rings. The van der Waals surface area contributed by atoms with E-state index in [1.807, 2.05) is 6.07 Å². The van der Waals surface area contributed by atoms with Crippen LogP contribution in [0.25, 0.3) is 0 Å². The van der Waals surface area contributed by atoms with E-state index in [9.17, 15) is 24.8 Å². The van der Waals surface area contributed by atoms with Crippen molar-refractivity contribution in [1.82, 2.24) is 0 Å². The van der Waals surface area contributed by atoms with Gasteiger partial charge in [0.15, 0.2) is 11.7 Å². The van der Waals surface area contributed by atoms with Gasteiger partial charge in [0.1, 0.15) is 6.61 Å². The summed E-state index contributed by atoms with van der Waals surface area (Å²) in [6, 6.07) is 12.7. The smallest absolute Gasteiger partial charge is 0.338 e. The maximum atomic E-state index is 12.2. The second-order valence-electron chi connectivity index (χ2n) is 5.70. The van der Waals surface area contributed by atoms with E-state index < -0.39 is 34.2 Å². The van der Waals surface area contributed by atoms with Gasteiger partial charge in [-0.3, -0.25) is 14.9 Å². The third kappa shape index (κ3) is 5.51. The highest BCUT2D eigenvalue weighted by Crippen LogP contribution is 2.27. The highest BCUT2D eigenvalue weighted by molar-refractivity contribution is 5.94. The van der Waals surface area contributed by atoms with Gasteiger partial charge < -0.3 is 14.7 Å². The largest absolute Gasteiger partial charge is 0.502 e. The SMILES string of the molecule is NOC(=O)[C@H](CCc1ccc([N+](=O)[O-])c(O)c1)C(=O)OCc1ccccc1. The standard InChI is InChI=1S/C18H18N2O7/c19-27-18(23)14(17(22)26-11-13-4-2-1-3-5-13)8-6-12-7-9-15(20(24)25)16(21)10-12/h1-5,7,9-10,14,21H,6,8,11,19H2/t14-/m1/s1. The molecule has 0 saturated heterocycles. The summed E-state index contributed by atoms with van der Waals surface area (Å²) < 4.78 is 5.14. The summed E-state index contributed by atoms with van der Waals surface area (Å²) in [5, 5.41) is 20.4. The molecule has 0 aliphatic carbocycles. The number of esters is 1. The van der Waals surface area contributed by atoms with E-state index in [0.717, 1.165) is 11.6 Å². The fourth-order valence-corrected chi connectivity index (χ4v) is 2.43. The molecule has 27 heavy (non-hydrogen) atoms. The number of aromatic hydroxyl groups is 1. The minimum Gasteiger partial charge on any atom is -0.502 e. The average Bonchev–Trinajstić information content (AvgIpc) is 2.66. The summed E-state index contributed by atoms with van der Waals surface area (Å²) in [4.78, 5) is 38.2. The first kappa shape index (κ1) is 19.9. The molecule has 2 aromatic rings. The molecule has 9 nitrogen and oxygen atoms in total. The van der Waals surface area contributed by atoms with E-state index in [1.54, 1.807) is 24.3 Å². The third-order valence-corrected chi connectivity index (χ3v) is 3.87. The van der Waals surface area contributed by atoms with Crippen molar-refractivity contribution in [3.8, 4) is 5.75 Å². The lowest BCUT2D eigenvalue weighted by atomic mass is 9.99. The second-order valence-corrected chi connectivity index (χ2v) is 5.70. The highest BCUT2D eigenvalue weighted by Gasteiger charge is 2.29. The van der Waals surface area contributed by atoms with Gasteiger partial charge in [0.25, 0.3) is 0 Å². The molecule has 3 N–H and O–H groups in total. The first-order valence-corrected chi connectivity index (χ1v) is 7.99. The molecular weight excluding hydrogens is 356 g/mol. The predicted molar refractivity (Wildman–Crippen MR) is 93.1 cm³/mol. The van der Waals surface area contributed by atoms with Gasteiger partial charge in [-0.05, 0) is 30.0 Å².